The molecule has 0 aliphatic rings. The number of aromatic nitrogens is 4. The van der Waals surface area contributed by atoms with Gasteiger partial charge in [0.1, 0.15) is 5.82 Å². The Morgan fingerprint density at radius 1 is 1.35 bits per heavy atom. The molecule has 2 aromatic heterocycles. The van der Waals surface area contributed by atoms with Crippen molar-refractivity contribution in [3.8, 4) is 0 Å². The van der Waals surface area contributed by atoms with Crippen LogP contribution in [-0.2, 0) is 13.0 Å². The Kier molecular flexibility index (Phi) is 2.95. The fourth-order valence-corrected chi connectivity index (χ4v) is 1.78. The summed E-state index contributed by atoms with van der Waals surface area (Å²) >= 11 is 0. The van der Waals surface area contributed by atoms with Crippen LogP contribution >= 0.6 is 0 Å². The first-order valence-corrected chi connectivity index (χ1v) is 5.50. The Morgan fingerprint density at radius 2 is 2.12 bits per heavy atom. The molecule has 0 aliphatic heterocycles. The van der Waals surface area contributed by atoms with Crippen LogP contribution in [0, 0.1) is 6.92 Å². The van der Waals surface area contributed by atoms with Crippen molar-refractivity contribution >= 4 is 11.8 Å². The highest BCUT2D eigenvalue weighted by atomic mass is 15.3. The normalized spacial score (nSPS) is 10.7. The molecule has 6 heteroatoms. The van der Waals surface area contributed by atoms with Gasteiger partial charge in [-0.1, -0.05) is 0 Å². The van der Waals surface area contributed by atoms with Crippen LogP contribution in [0.25, 0.3) is 0 Å². The zero-order chi connectivity index (χ0) is 12.4. The maximum absolute atomic E-state index is 5.81. The highest BCUT2D eigenvalue weighted by molar-refractivity contribution is 5.43. The van der Waals surface area contributed by atoms with Gasteiger partial charge in [-0.3, -0.25) is 4.68 Å². The number of nitrogen functional groups attached to an aromatic ring is 2. The third-order valence-electron chi connectivity index (χ3n) is 2.57. The molecule has 90 valence electrons. The summed E-state index contributed by atoms with van der Waals surface area (Å²) in [7, 11) is 0. The Balaban J connectivity index is 2.30. The first kappa shape index (κ1) is 11.4. The van der Waals surface area contributed by atoms with E-state index in [1.54, 1.807) is 6.20 Å². The summed E-state index contributed by atoms with van der Waals surface area (Å²) in [4.78, 5) is 7.90. The van der Waals surface area contributed by atoms with E-state index < -0.39 is 0 Å². The van der Waals surface area contributed by atoms with Crippen LogP contribution in [0.1, 0.15) is 23.9 Å². The van der Waals surface area contributed by atoms with Crippen LogP contribution in [0.2, 0.25) is 0 Å². The predicted octanol–water partition coefficient (Wildman–Crippen LogP) is 0.757. The Bertz CT molecular complexity index is 531. The molecule has 0 saturated carbocycles. The number of nitrogens with zero attached hydrogens (tertiary/aromatic N) is 4. The maximum atomic E-state index is 5.81. The second-order valence-electron chi connectivity index (χ2n) is 3.91. The largest absolute Gasteiger partial charge is 0.383 e. The fraction of sp³-hybridized carbons (Fsp3) is 0.364. The highest BCUT2D eigenvalue weighted by Gasteiger charge is 2.08. The molecule has 0 atom stereocenters. The zero-order valence-electron chi connectivity index (χ0n) is 10.0. The van der Waals surface area contributed by atoms with Gasteiger partial charge in [0.15, 0.2) is 0 Å². The molecule has 17 heavy (non-hydrogen) atoms. The van der Waals surface area contributed by atoms with E-state index in [0.29, 0.717) is 12.2 Å². The zero-order valence-corrected chi connectivity index (χ0v) is 10.0. The quantitative estimate of drug-likeness (QED) is 0.814. The molecule has 0 unspecified atom stereocenters. The summed E-state index contributed by atoms with van der Waals surface area (Å²) in [5.41, 5.74) is 14.2. The van der Waals surface area contributed by atoms with Crippen LogP contribution in [0.5, 0.6) is 0 Å². The summed E-state index contributed by atoms with van der Waals surface area (Å²) < 4.78 is 1.95. The second kappa shape index (κ2) is 4.40. The van der Waals surface area contributed by atoms with Crippen molar-refractivity contribution in [3.05, 3.63) is 29.2 Å². The Hall–Kier alpha value is -2.11. The van der Waals surface area contributed by atoms with Gasteiger partial charge >= 0.3 is 0 Å². The average molecular weight is 232 g/mol. The van der Waals surface area contributed by atoms with Gasteiger partial charge in [-0.2, -0.15) is 10.1 Å². The van der Waals surface area contributed by atoms with Gasteiger partial charge in [-0.15, -0.1) is 0 Å². The molecule has 0 bridgehead atoms. The first-order chi connectivity index (χ1) is 8.10. The third-order valence-corrected chi connectivity index (χ3v) is 2.57. The van der Waals surface area contributed by atoms with Crippen molar-refractivity contribution in [1.82, 2.24) is 19.7 Å². The minimum atomic E-state index is 0.200. The topological polar surface area (TPSA) is 95.6 Å². The number of rotatable bonds is 3. The Morgan fingerprint density at radius 3 is 2.76 bits per heavy atom. The number of nitrogens with two attached hydrogens (primary N) is 2. The number of hydrogen-bond acceptors (Lipinski definition) is 5. The molecule has 2 aromatic rings. The third kappa shape index (κ3) is 2.35. The fourth-order valence-electron chi connectivity index (χ4n) is 1.78. The van der Waals surface area contributed by atoms with Crippen molar-refractivity contribution < 1.29 is 0 Å². The summed E-state index contributed by atoms with van der Waals surface area (Å²) in [6.07, 6.45) is 2.33. The van der Waals surface area contributed by atoms with Gasteiger partial charge in [-0.25, -0.2) is 4.98 Å². The molecule has 0 radical (unpaired) electrons. The number of hydrogen-bond donors (Lipinski definition) is 2. The van der Waals surface area contributed by atoms with E-state index >= 15 is 0 Å². The first-order valence-electron chi connectivity index (χ1n) is 5.50. The van der Waals surface area contributed by atoms with Crippen molar-refractivity contribution in [2.75, 3.05) is 11.5 Å². The van der Waals surface area contributed by atoms with Crippen LogP contribution in [0.4, 0.5) is 11.8 Å². The van der Waals surface area contributed by atoms with E-state index in [9.17, 15) is 0 Å². The lowest BCUT2D eigenvalue weighted by Gasteiger charge is -2.06. The molecule has 0 spiro atoms. The smallest absolute Gasteiger partial charge is 0.221 e. The SMILES string of the molecule is CCn1nc(C)cc1Cc1cnc(N)nc1N. The van der Waals surface area contributed by atoms with Crippen molar-refractivity contribution in [3.63, 3.8) is 0 Å². The van der Waals surface area contributed by atoms with Crippen molar-refractivity contribution in [2.24, 2.45) is 0 Å². The minimum absolute atomic E-state index is 0.200. The predicted molar refractivity (Wildman–Crippen MR) is 66.3 cm³/mol. The summed E-state index contributed by atoms with van der Waals surface area (Å²) in [5.74, 6) is 0.630. The molecule has 0 amide bonds. The Labute approximate surface area is 99.7 Å². The van der Waals surface area contributed by atoms with E-state index in [4.69, 9.17) is 11.5 Å². The lowest BCUT2D eigenvalue weighted by atomic mass is 10.1. The van der Waals surface area contributed by atoms with E-state index in [2.05, 4.69) is 22.0 Å². The van der Waals surface area contributed by atoms with E-state index in [1.807, 2.05) is 17.7 Å². The van der Waals surface area contributed by atoms with Gasteiger partial charge in [0.25, 0.3) is 0 Å². The molecule has 0 aliphatic carbocycles. The molecule has 2 heterocycles. The number of anilines is 2. The van der Waals surface area contributed by atoms with E-state index in [0.717, 1.165) is 23.5 Å². The highest BCUT2D eigenvalue weighted by Crippen LogP contribution is 2.15. The lowest BCUT2D eigenvalue weighted by Crippen LogP contribution is -2.07. The van der Waals surface area contributed by atoms with Crippen molar-refractivity contribution in [1.29, 1.82) is 0 Å². The average Bonchev–Trinajstić information content (AvgIpc) is 2.63. The summed E-state index contributed by atoms with van der Waals surface area (Å²) in [5, 5.41) is 4.38. The summed E-state index contributed by atoms with van der Waals surface area (Å²) in [6, 6.07) is 2.04. The van der Waals surface area contributed by atoms with Crippen LogP contribution in [-0.4, -0.2) is 19.7 Å². The number of aryl methyl sites for hydroxylation is 2. The van der Waals surface area contributed by atoms with Crippen molar-refractivity contribution in [2.45, 2.75) is 26.8 Å². The van der Waals surface area contributed by atoms with E-state index in [1.165, 1.54) is 0 Å². The lowest BCUT2D eigenvalue weighted by molar-refractivity contribution is 0.625. The van der Waals surface area contributed by atoms with Gasteiger partial charge in [0.2, 0.25) is 5.95 Å². The van der Waals surface area contributed by atoms with Crippen LogP contribution < -0.4 is 11.5 Å². The van der Waals surface area contributed by atoms with Gasteiger partial charge in [-0.05, 0) is 19.9 Å². The molecule has 6 nitrogen and oxygen atoms in total. The molecular formula is C11H16N6. The van der Waals surface area contributed by atoms with E-state index in [-0.39, 0.29) is 5.95 Å². The minimum Gasteiger partial charge on any atom is -0.383 e. The van der Waals surface area contributed by atoms with Gasteiger partial charge in [0, 0.05) is 30.4 Å². The molecule has 2 rings (SSSR count). The summed E-state index contributed by atoms with van der Waals surface area (Å²) in [6.45, 7) is 4.86. The standard InChI is InChI=1S/C11H16N6/c1-3-17-9(4-7(2)16-17)5-8-6-14-11(13)15-10(8)12/h4,6H,3,5H2,1-2H3,(H4,12,13,14,15). The molecule has 4 N–H and O–H groups in total. The molecule has 0 saturated heterocycles. The second-order valence-corrected chi connectivity index (χ2v) is 3.91. The molecule has 0 aromatic carbocycles. The van der Waals surface area contributed by atoms with Gasteiger partial charge < -0.3 is 11.5 Å². The monoisotopic (exact) mass is 232 g/mol. The van der Waals surface area contributed by atoms with Crippen LogP contribution in [0.3, 0.4) is 0 Å². The molecular weight excluding hydrogens is 216 g/mol. The van der Waals surface area contributed by atoms with Gasteiger partial charge in [0.05, 0.1) is 5.69 Å². The maximum Gasteiger partial charge on any atom is 0.221 e. The molecule has 0 fully saturated rings. The van der Waals surface area contributed by atoms with Crippen LogP contribution in [0.15, 0.2) is 12.3 Å².